The molecule has 0 heterocycles. The Hall–Kier alpha value is -2.58. The summed E-state index contributed by atoms with van der Waals surface area (Å²) in [6.07, 6.45) is 8.18. The van der Waals surface area contributed by atoms with E-state index in [1.165, 1.54) is 43.2 Å². The van der Waals surface area contributed by atoms with E-state index in [2.05, 4.69) is 24.3 Å². The Morgan fingerprint density at radius 3 is 1.48 bits per heavy atom. The molecule has 2 heteroatoms. The summed E-state index contributed by atoms with van der Waals surface area (Å²) in [5.41, 5.74) is 4.03. The normalized spacial score (nSPS) is 10.0. The van der Waals surface area contributed by atoms with Crippen LogP contribution < -0.4 is 0 Å². The summed E-state index contributed by atoms with van der Waals surface area (Å²) in [5.74, 6) is 0. The third-order valence-electron chi connectivity index (χ3n) is 4.04. The minimum Gasteiger partial charge on any atom is -0.192 e. The summed E-state index contributed by atoms with van der Waals surface area (Å²) in [6, 6.07) is 20.2. The largest absolute Gasteiger partial charge is 0.192 e. The molecule has 0 bridgehead atoms. The van der Waals surface area contributed by atoms with E-state index < -0.39 is 0 Å². The van der Waals surface area contributed by atoms with Crippen LogP contribution in [0.2, 0.25) is 0 Å². The van der Waals surface area contributed by atoms with E-state index in [-0.39, 0.29) is 0 Å². The van der Waals surface area contributed by atoms with E-state index in [0.717, 1.165) is 24.0 Å². The first-order valence-electron chi connectivity index (χ1n) is 8.30. The fourth-order valence-corrected chi connectivity index (χ4v) is 2.78. The second-order valence-electron chi connectivity index (χ2n) is 5.89. The molecule has 0 aromatic heterocycles. The molecule has 0 N–H and O–H groups in total. The number of nitrogens with zero attached hydrogens (tertiary/aromatic N) is 2. The van der Waals surface area contributed by atoms with Crippen LogP contribution in [0.5, 0.6) is 0 Å². The van der Waals surface area contributed by atoms with Gasteiger partial charge in [-0.3, -0.25) is 0 Å². The highest BCUT2D eigenvalue weighted by Gasteiger charge is 1.98. The lowest BCUT2D eigenvalue weighted by Crippen LogP contribution is -1.89. The molecule has 0 spiro atoms. The van der Waals surface area contributed by atoms with Crippen LogP contribution in [0.15, 0.2) is 48.5 Å². The van der Waals surface area contributed by atoms with Crippen molar-refractivity contribution in [1.82, 2.24) is 0 Å². The van der Waals surface area contributed by atoms with Gasteiger partial charge in [0.15, 0.2) is 0 Å². The molecule has 0 unspecified atom stereocenters. The number of hydrogen-bond donors (Lipinski definition) is 0. The number of aryl methyl sites for hydroxylation is 2. The van der Waals surface area contributed by atoms with E-state index in [1.54, 1.807) is 0 Å². The van der Waals surface area contributed by atoms with Crippen molar-refractivity contribution in [2.75, 3.05) is 0 Å². The zero-order chi connectivity index (χ0) is 16.3. The van der Waals surface area contributed by atoms with Gasteiger partial charge in [0, 0.05) is 0 Å². The molecule has 0 aliphatic carbocycles. The van der Waals surface area contributed by atoms with Crippen LogP contribution in [-0.4, -0.2) is 0 Å². The highest BCUT2D eigenvalue weighted by molar-refractivity contribution is 5.33. The minimum absolute atomic E-state index is 0.752. The molecule has 2 rings (SSSR count). The molecule has 116 valence electrons. The lowest BCUT2D eigenvalue weighted by Gasteiger charge is -2.04. The standard InChI is InChI=1S/C21H22N2/c22-16-20-12-6-10-18(14-20)8-4-2-1-3-5-9-19-11-7-13-21(15-19)17-23/h6-7,10-15H,1-5,8-9H2. The second kappa shape index (κ2) is 9.44. The molecule has 0 amide bonds. The predicted octanol–water partition coefficient (Wildman–Crippen LogP) is 5.17. The maximum atomic E-state index is 8.89. The van der Waals surface area contributed by atoms with Gasteiger partial charge in [0.1, 0.15) is 0 Å². The van der Waals surface area contributed by atoms with E-state index in [1.807, 2.05) is 36.4 Å². The zero-order valence-corrected chi connectivity index (χ0v) is 13.5. The maximum Gasteiger partial charge on any atom is 0.0991 e. The van der Waals surface area contributed by atoms with Crippen LogP contribution in [0, 0.1) is 22.7 Å². The van der Waals surface area contributed by atoms with Gasteiger partial charge in [0.2, 0.25) is 0 Å². The minimum atomic E-state index is 0.752. The highest BCUT2D eigenvalue weighted by Crippen LogP contribution is 2.13. The molecule has 0 aliphatic heterocycles. The molecule has 0 aliphatic rings. The smallest absolute Gasteiger partial charge is 0.0991 e. The topological polar surface area (TPSA) is 47.6 Å². The summed E-state index contributed by atoms with van der Waals surface area (Å²) in [4.78, 5) is 0. The zero-order valence-electron chi connectivity index (χ0n) is 13.5. The van der Waals surface area contributed by atoms with Crippen molar-refractivity contribution in [2.45, 2.75) is 44.9 Å². The number of hydrogen-bond acceptors (Lipinski definition) is 2. The van der Waals surface area contributed by atoms with Crippen LogP contribution in [0.4, 0.5) is 0 Å². The molecule has 23 heavy (non-hydrogen) atoms. The fourth-order valence-electron chi connectivity index (χ4n) is 2.78. The number of benzene rings is 2. The number of nitriles is 2. The van der Waals surface area contributed by atoms with Crippen LogP contribution in [0.1, 0.15) is 54.4 Å². The second-order valence-corrected chi connectivity index (χ2v) is 5.89. The molecule has 0 fully saturated rings. The first-order valence-corrected chi connectivity index (χ1v) is 8.30. The Kier molecular flexibility index (Phi) is 6.89. The van der Waals surface area contributed by atoms with Gasteiger partial charge in [0.25, 0.3) is 0 Å². The van der Waals surface area contributed by atoms with Crippen molar-refractivity contribution in [1.29, 1.82) is 10.5 Å². The molecule has 2 nitrogen and oxygen atoms in total. The number of unbranched alkanes of at least 4 members (excludes halogenated alkanes) is 4. The first kappa shape index (κ1) is 16.8. The quantitative estimate of drug-likeness (QED) is 0.632. The lowest BCUT2D eigenvalue weighted by molar-refractivity contribution is 0.613. The average molecular weight is 302 g/mol. The average Bonchev–Trinajstić information content (AvgIpc) is 2.61. The van der Waals surface area contributed by atoms with Gasteiger partial charge in [-0.15, -0.1) is 0 Å². The molecular formula is C21H22N2. The third kappa shape index (κ3) is 5.97. The third-order valence-corrected chi connectivity index (χ3v) is 4.04. The summed E-state index contributed by atoms with van der Waals surface area (Å²) < 4.78 is 0. The van der Waals surface area contributed by atoms with Crippen molar-refractivity contribution >= 4 is 0 Å². The SMILES string of the molecule is N#Cc1cccc(CCCCCCCc2cccc(C#N)c2)c1. The van der Waals surface area contributed by atoms with E-state index >= 15 is 0 Å². The Balaban J connectivity index is 1.59. The van der Waals surface area contributed by atoms with Gasteiger partial charge in [-0.25, -0.2) is 0 Å². The summed E-state index contributed by atoms with van der Waals surface area (Å²) in [5, 5.41) is 17.8. The highest BCUT2D eigenvalue weighted by atomic mass is 14.2. The van der Waals surface area contributed by atoms with Crippen molar-refractivity contribution in [3.63, 3.8) is 0 Å². The van der Waals surface area contributed by atoms with E-state index in [9.17, 15) is 0 Å². The van der Waals surface area contributed by atoms with Crippen LogP contribution in [0.25, 0.3) is 0 Å². The summed E-state index contributed by atoms with van der Waals surface area (Å²) in [7, 11) is 0. The van der Waals surface area contributed by atoms with Crippen LogP contribution in [0.3, 0.4) is 0 Å². The molecular weight excluding hydrogens is 280 g/mol. The van der Waals surface area contributed by atoms with Gasteiger partial charge in [-0.1, -0.05) is 43.5 Å². The molecule has 2 aromatic carbocycles. The lowest BCUT2D eigenvalue weighted by atomic mass is 10.0. The molecule has 0 atom stereocenters. The van der Waals surface area contributed by atoms with E-state index in [0.29, 0.717) is 0 Å². The van der Waals surface area contributed by atoms with Crippen molar-refractivity contribution < 1.29 is 0 Å². The summed E-state index contributed by atoms with van der Waals surface area (Å²) >= 11 is 0. The molecule has 0 radical (unpaired) electrons. The Morgan fingerprint density at radius 2 is 1.04 bits per heavy atom. The number of rotatable bonds is 8. The van der Waals surface area contributed by atoms with E-state index in [4.69, 9.17) is 10.5 Å². The molecule has 2 aromatic rings. The Morgan fingerprint density at radius 1 is 0.609 bits per heavy atom. The molecule has 0 saturated heterocycles. The van der Waals surface area contributed by atoms with Gasteiger partial charge < -0.3 is 0 Å². The fraction of sp³-hybridized carbons (Fsp3) is 0.333. The molecule has 0 saturated carbocycles. The summed E-state index contributed by atoms with van der Waals surface area (Å²) in [6.45, 7) is 0. The van der Waals surface area contributed by atoms with Gasteiger partial charge in [0.05, 0.1) is 23.3 Å². The Bertz CT molecular complexity index is 643. The van der Waals surface area contributed by atoms with Crippen LogP contribution in [-0.2, 0) is 12.8 Å². The van der Waals surface area contributed by atoms with Gasteiger partial charge in [-0.2, -0.15) is 10.5 Å². The van der Waals surface area contributed by atoms with Gasteiger partial charge >= 0.3 is 0 Å². The van der Waals surface area contributed by atoms with Gasteiger partial charge in [-0.05, 0) is 61.1 Å². The van der Waals surface area contributed by atoms with Crippen molar-refractivity contribution in [2.24, 2.45) is 0 Å². The monoisotopic (exact) mass is 302 g/mol. The van der Waals surface area contributed by atoms with Crippen molar-refractivity contribution in [3.8, 4) is 12.1 Å². The van der Waals surface area contributed by atoms with Crippen molar-refractivity contribution in [3.05, 3.63) is 70.8 Å². The maximum absolute atomic E-state index is 8.89. The predicted molar refractivity (Wildman–Crippen MR) is 92.8 cm³/mol. The first-order chi connectivity index (χ1) is 11.3. The Labute approximate surface area is 139 Å². The van der Waals surface area contributed by atoms with Crippen LogP contribution >= 0.6 is 0 Å².